The van der Waals surface area contributed by atoms with E-state index in [9.17, 15) is 4.79 Å². The second-order valence-electron chi connectivity index (χ2n) is 3.90. The minimum atomic E-state index is 0.254. The molecule has 2 aliphatic rings. The minimum Gasteiger partial charge on any atom is -0.359 e. The van der Waals surface area contributed by atoms with Crippen LogP contribution in [0.5, 0.6) is 0 Å². The molecule has 2 bridgehead atoms. The number of nitrogens with one attached hydrogen (secondary N) is 2. The fourth-order valence-corrected chi connectivity index (χ4v) is 2.68. The maximum Gasteiger partial charge on any atom is 0.223 e. The molecule has 1 heterocycles. The van der Waals surface area contributed by atoms with Gasteiger partial charge in [0, 0.05) is 13.0 Å². The molecule has 0 aromatic carbocycles. The summed E-state index contributed by atoms with van der Waals surface area (Å²) in [6.07, 6.45) is 2.46. The molecule has 68 valence electrons. The Morgan fingerprint density at radius 3 is 2.42 bits per heavy atom. The number of fused-ring (bicyclic) bond motifs is 2. The first-order chi connectivity index (χ1) is 5.83. The summed E-state index contributed by atoms with van der Waals surface area (Å²) in [5.41, 5.74) is 0. The lowest BCUT2D eigenvalue weighted by atomic mass is 9.85. The highest BCUT2D eigenvalue weighted by Gasteiger charge is 2.42. The average molecular weight is 168 g/mol. The van der Waals surface area contributed by atoms with E-state index < -0.39 is 0 Å². The van der Waals surface area contributed by atoms with E-state index in [2.05, 4.69) is 10.6 Å². The zero-order chi connectivity index (χ0) is 8.55. The zero-order valence-electron chi connectivity index (χ0n) is 7.47. The van der Waals surface area contributed by atoms with Gasteiger partial charge in [0.2, 0.25) is 5.91 Å². The topological polar surface area (TPSA) is 41.1 Å². The largest absolute Gasteiger partial charge is 0.359 e. The molecule has 0 aromatic rings. The molecule has 0 aromatic heterocycles. The molecule has 2 atom stereocenters. The van der Waals surface area contributed by atoms with Crippen molar-refractivity contribution < 1.29 is 4.79 Å². The first kappa shape index (κ1) is 8.05. The van der Waals surface area contributed by atoms with E-state index in [1.54, 1.807) is 7.05 Å². The van der Waals surface area contributed by atoms with Crippen molar-refractivity contribution in [2.45, 2.75) is 12.8 Å². The fraction of sp³-hybridized carbons (Fsp3) is 0.889. The summed E-state index contributed by atoms with van der Waals surface area (Å²) in [6.45, 7) is 2.07. The first-order valence-electron chi connectivity index (χ1n) is 4.75. The van der Waals surface area contributed by atoms with Crippen molar-refractivity contribution in [3.05, 3.63) is 0 Å². The molecule has 1 aliphatic heterocycles. The molecule has 12 heavy (non-hydrogen) atoms. The van der Waals surface area contributed by atoms with Crippen molar-refractivity contribution in [3.63, 3.8) is 0 Å². The van der Waals surface area contributed by atoms with Gasteiger partial charge >= 0.3 is 0 Å². The van der Waals surface area contributed by atoms with E-state index in [4.69, 9.17) is 0 Å². The summed E-state index contributed by atoms with van der Waals surface area (Å²) in [5.74, 6) is 1.76. The maximum atomic E-state index is 11.5. The lowest BCUT2D eigenvalue weighted by molar-refractivity contribution is -0.127. The Kier molecular flexibility index (Phi) is 2.05. The van der Waals surface area contributed by atoms with Gasteiger partial charge in [-0.05, 0) is 37.8 Å². The van der Waals surface area contributed by atoms with Crippen LogP contribution in [0, 0.1) is 17.8 Å². The van der Waals surface area contributed by atoms with Crippen LogP contribution in [0.25, 0.3) is 0 Å². The smallest absolute Gasteiger partial charge is 0.223 e. The summed E-state index contributed by atoms with van der Waals surface area (Å²) < 4.78 is 0. The van der Waals surface area contributed by atoms with Crippen molar-refractivity contribution in [1.82, 2.24) is 10.6 Å². The summed E-state index contributed by atoms with van der Waals surface area (Å²) in [6, 6.07) is 0. The Balaban J connectivity index is 2.10. The number of amides is 1. The molecule has 3 heteroatoms. The van der Waals surface area contributed by atoms with Crippen LogP contribution in [0.3, 0.4) is 0 Å². The Morgan fingerprint density at radius 1 is 1.33 bits per heavy atom. The number of hydrogen-bond acceptors (Lipinski definition) is 2. The molecule has 2 rings (SSSR count). The highest BCUT2D eigenvalue weighted by molar-refractivity contribution is 5.79. The number of carbonyl (C=O) groups excluding carboxylic acids is 1. The van der Waals surface area contributed by atoms with Gasteiger partial charge in [0.15, 0.2) is 0 Å². The molecule has 1 aliphatic carbocycles. The van der Waals surface area contributed by atoms with Gasteiger partial charge in [-0.3, -0.25) is 4.79 Å². The van der Waals surface area contributed by atoms with E-state index >= 15 is 0 Å². The van der Waals surface area contributed by atoms with Crippen molar-refractivity contribution in [3.8, 4) is 0 Å². The predicted octanol–water partition coefficient (Wildman–Crippen LogP) is -0.0220. The quantitative estimate of drug-likeness (QED) is 0.577. The van der Waals surface area contributed by atoms with Gasteiger partial charge in [-0.15, -0.1) is 0 Å². The van der Waals surface area contributed by atoms with Crippen LogP contribution >= 0.6 is 0 Å². The highest BCUT2D eigenvalue weighted by atomic mass is 16.1. The van der Waals surface area contributed by atoms with Crippen molar-refractivity contribution in [1.29, 1.82) is 0 Å². The maximum absolute atomic E-state index is 11.5. The zero-order valence-corrected chi connectivity index (χ0v) is 7.47. The van der Waals surface area contributed by atoms with Crippen LogP contribution in [-0.2, 0) is 4.79 Å². The third-order valence-electron chi connectivity index (χ3n) is 3.29. The third kappa shape index (κ3) is 1.12. The molecule has 2 unspecified atom stereocenters. The molecule has 0 radical (unpaired) electrons. The monoisotopic (exact) mass is 168 g/mol. The highest BCUT2D eigenvalue weighted by Crippen LogP contribution is 2.38. The number of piperidine rings is 1. The Bertz CT molecular complexity index is 177. The molecule has 1 saturated heterocycles. The van der Waals surface area contributed by atoms with Crippen LogP contribution in [0.15, 0.2) is 0 Å². The van der Waals surface area contributed by atoms with E-state index in [-0.39, 0.29) is 5.91 Å². The van der Waals surface area contributed by atoms with E-state index in [0.29, 0.717) is 17.8 Å². The predicted molar refractivity (Wildman–Crippen MR) is 46.6 cm³/mol. The van der Waals surface area contributed by atoms with Crippen LogP contribution in [0.2, 0.25) is 0 Å². The summed E-state index contributed by atoms with van der Waals surface area (Å²) in [5, 5.41) is 6.14. The summed E-state index contributed by atoms with van der Waals surface area (Å²) >= 11 is 0. The lowest BCUT2D eigenvalue weighted by Crippen LogP contribution is -2.45. The molecular weight excluding hydrogens is 152 g/mol. The van der Waals surface area contributed by atoms with E-state index in [0.717, 1.165) is 13.1 Å². The first-order valence-corrected chi connectivity index (χ1v) is 4.75. The van der Waals surface area contributed by atoms with E-state index in [1.807, 2.05) is 0 Å². The molecule has 1 saturated carbocycles. The van der Waals surface area contributed by atoms with Crippen molar-refractivity contribution in [2.24, 2.45) is 17.8 Å². The number of rotatable bonds is 1. The molecule has 0 spiro atoms. The Morgan fingerprint density at radius 2 is 1.92 bits per heavy atom. The third-order valence-corrected chi connectivity index (χ3v) is 3.29. The van der Waals surface area contributed by atoms with Crippen molar-refractivity contribution in [2.75, 3.05) is 20.1 Å². The van der Waals surface area contributed by atoms with Crippen molar-refractivity contribution >= 4 is 5.91 Å². The SMILES string of the molecule is CNC(=O)C1C2CCC1CNC2. The van der Waals surface area contributed by atoms with Gasteiger partial charge in [-0.25, -0.2) is 0 Å². The molecule has 2 N–H and O–H groups in total. The fourth-order valence-electron chi connectivity index (χ4n) is 2.68. The Hall–Kier alpha value is -0.570. The summed E-state index contributed by atoms with van der Waals surface area (Å²) in [4.78, 5) is 11.5. The van der Waals surface area contributed by atoms with Gasteiger partial charge < -0.3 is 10.6 Å². The van der Waals surface area contributed by atoms with Crippen LogP contribution < -0.4 is 10.6 Å². The van der Waals surface area contributed by atoms with Crippen LogP contribution in [0.4, 0.5) is 0 Å². The Labute approximate surface area is 72.9 Å². The van der Waals surface area contributed by atoms with Gasteiger partial charge in [-0.1, -0.05) is 0 Å². The van der Waals surface area contributed by atoms with E-state index in [1.165, 1.54) is 12.8 Å². The average Bonchev–Trinajstić information content (AvgIpc) is 2.35. The van der Waals surface area contributed by atoms with Crippen LogP contribution in [-0.4, -0.2) is 26.0 Å². The summed E-state index contributed by atoms with van der Waals surface area (Å²) in [7, 11) is 1.74. The molecule has 2 fully saturated rings. The number of hydrogen-bond donors (Lipinski definition) is 2. The second-order valence-corrected chi connectivity index (χ2v) is 3.90. The second kappa shape index (κ2) is 3.05. The van der Waals surface area contributed by atoms with Gasteiger partial charge in [-0.2, -0.15) is 0 Å². The molecular formula is C9H16N2O. The normalized spacial score (nSPS) is 39.6. The van der Waals surface area contributed by atoms with Gasteiger partial charge in [0.1, 0.15) is 0 Å². The lowest BCUT2D eigenvalue weighted by Gasteiger charge is -2.29. The van der Waals surface area contributed by atoms with Crippen LogP contribution in [0.1, 0.15) is 12.8 Å². The molecule has 1 amide bonds. The molecule has 3 nitrogen and oxygen atoms in total. The van der Waals surface area contributed by atoms with Gasteiger partial charge in [0.25, 0.3) is 0 Å². The number of carbonyl (C=O) groups is 1. The minimum absolute atomic E-state index is 0.254. The standard InChI is InChI=1S/C9H16N2O/c1-10-9(12)8-6-2-3-7(8)5-11-4-6/h6-8,11H,2-5H2,1H3,(H,10,12). The van der Waals surface area contributed by atoms with Gasteiger partial charge in [0.05, 0.1) is 0 Å².